The number of hydrogen-bond donors (Lipinski definition) is 3. The number of fused-ring (bicyclic) bond motifs is 1. The van der Waals surface area contributed by atoms with E-state index in [1.165, 1.54) is 31.4 Å². The molecule has 0 fully saturated rings. The number of nitrogens with zero attached hydrogens (tertiary/aromatic N) is 1. The molecule has 0 aliphatic rings. The normalized spacial score (nSPS) is 10.7. The van der Waals surface area contributed by atoms with Gasteiger partial charge >= 0.3 is 5.97 Å². The van der Waals surface area contributed by atoms with Crippen molar-refractivity contribution in [2.75, 3.05) is 7.11 Å². The van der Waals surface area contributed by atoms with E-state index >= 15 is 0 Å². The first kappa shape index (κ1) is 14.6. The fourth-order valence-electron chi connectivity index (χ4n) is 2.38. The highest BCUT2D eigenvalue weighted by molar-refractivity contribution is 6.04. The molecule has 0 unspecified atom stereocenters. The quantitative estimate of drug-likeness (QED) is 0.687. The maximum absolute atomic E-state index is 11.5. The first-order valence-corrected chi connectivity index (χ1v) is 6.74. The van der Waals surface area contributed by atoms with Crippen molar-refractivity contribution in [3.8, 4) is 28.5 Å². The Labute approximate surface area is 131 Å². The molecule has 0 spiro atoms. The Morgan fingerprint density at radius 3 is 2.57 bits per heavy atom. The monoisotopic (exact) mass is 311 g/mol. The summed E-state index contributed by atoms with van der Waals surface area (Å²) in [7, 11) is 1.43. The predicted octanol–water partition coefficient (Wildman–Crippen LogP) is 3.02. The van der Waals surface area contributed by atoms with Crippen LogP contribution in [0.5, 0.6) is 17.2 Å². The van der Waals surface area contributed by atoms with Crippen LogP contribution >= 0.6 is 0 Å². The molecule has 0 saturated heterocycles. The zero-order valence-electron chi connectivity index (χ0n) is 12.1. The van der Waals surface area contributed by atoms with Crippen LogP contribution in [0, 0.1) is 0 Å². The number of carboxylic acid groups (broad SMARTS) is 1. The molecule has 3 N–H and O–H groups in total. The van der Waals surface area contributed by atoms with Crippen LogP contribution in [0.1, 0.15) is 10.4 Å². The van der Waals surface area contributed by atoms with Gasteiger partial charge in [-0.05, 0) is 42.5 Å². The van der Waals surface area contributed by atoms with Crippen LogP contribution in [0.15, 0.2) is 42.5 Å². The summed E-state index contributed by atoms with van der Waals surface area (Å²) < 4.78 is 5.06. The average molecular weight is 311 g/mol. The van der Waals surface area contributed by atoms with Crippen LogP contribution in [0.25, 0.3) is 22.2 Å². The van der Waals surface area contributed by atoms with Gasteiger partial charge in [-0.1, -0.05) is 0 Å². The summed E-state index contributed by atoms with van der Waals surface area (Å²) in [5, 5.41) is 29.0. The van der Waals surface area contributed by atoms with Crippen LogP contribution in [-0.2, 0) is 0 Å². The minimum absolute atomic E-state index is 0.0135. The van der Waals surface area contributed by atoms with E-state index < -0.39 is 5.97 Å². The highest BCUT2D eigenvalue weighted by Crippen LogP contribution is 2.33. The third-order valence-corrected chi connectivity index (χ3v) is 3.50. The smallest absolute Gasteiger partial charge is 0.336 e. The average Bonchev–Trinajstić information content (AvgIpc) is 2.54. The third-order valence-electron chi connectivity index (χ3n) is 3.50. The molecular weight excluding hydrogens is 298 g/mol. The molecule has 2 aromatic carbocycles. The minimum Gasteiger partial charge on any atom is -0.508 e. The molecule has 6 heteroatoms. The maximum Gasteiger partial charge on any atom is 0.336 e. The molecule has 1 heterocycles. The zero-order chi connectivity index (χ0) is 16.6. The maximum atomic E-state index is 11.5. The second kappa shape index (κ2) is 5.49. The molecule has 0 radical (unpaired) electrons. The summed E-state index contributed by atoms with van der Waals surface area (Å²) in [4.78, 5) is 15.9. The predicted molar refractivity (Wildman–Crippen MR) is 84.0 cm³/mol. The van der Waals surface area contributed by atoms with Crippen molar-refractivity contribution < 1.29 is 24.9 Å². The van der Waals surface area contributed by atoms with Crippen molar-refractivity contribution in [3.63, 3.8) is 0 Å². The van der Waals surface area contributed by atoms with E-state index in [9.17, 15) is 20.1 Å². The highest BCUT2D eigenvalue weighted by Gasteiger charge is 2.14. The second-order valence-electron chi connectivity index (χ2n) is 4.95. The fraction of sp³-hybridized carbons (Fsp3) is 0.0588. The van der Waals surface area contributed by atoms with Gasteiger partial charge in [0.05, 0.1) is 23.9 Å². The summed E-state index contributed by atoms with van der Waals surface area (Å²) in [5.41, 5.74) is 1.52. The molecule has 0 atom stereocenters. The van der Waals surface area contributed by atoms with Crippen molar-refractivity contribution in [2.24, 2.45) is 0 Å². The van der Waals surface area contributed by atoms with Gasteiger partial charge in [0.1, 0.15) is 5.75 Å². The number of aromatic nitrogens is 1. The minimum atomic E-state index is -1.12. The summed E-state index contributed by atoms with van der Waals surface area (Å²) in [6, 6.07) is 10.5. The topological polar surface area (TPSA) is 99.9 Å². The van der Waals surface area contributed by atoms with Crippen LogP contribution in [0.4, 0.5) is 0 Å². The number of phenols is 2. The Morgan fingerprint density at radius 2 is 1.87 bits per heavy atom. The second-order valence-corrected chi connectivity index (χ2v) is 4.95. The lowest BCUT2D eigenvalue weighted by Crippen LogP contribution is -2.00. The van der Waals surface area contributed by atoms with E-state index in [1.807, 2.05) is 0 Å². The SMILES string of the molecule is COc1cc(-c2cc(C(=O)O)c3cc(O)ccc3n2)ccc1O. The largest absolute Gasteiger partial charge is 0.508 e. The van der Waals surface area contributed by atoms with Gasteiger partial charge in [0, 0.05) is 10.9 Å². The Morgan fingerprint density at radius 1 is 1.09 bits per heavy atom. The lowest BCUT2D eigenvalue weighted by atomic mass is 10.0. The molecule has 0 amide bonds. The molecule has 0 aliphatic carbocycles. The molecule has 116 valence electrons. The molecule has 0 saturated carbocycles. The van der Waals surface area contributed by atoms with E-state index in [4.69, 9.17) is 4.74 Å². The van der Waals surface area contributed by atoms with E-state index in [-0.39, 0.29) is 22.8 Å². The molecule has 23 heavy (non-hydrogen) atoms. The number of phenolic OH excluding ortho intramolecular Hbond substituents is 2. The van der Waals surface area contributed by atoms with Gasteiger partial charge in [0.25, 0.3) is 0 Å². The summed E-state index contributed by atoms with van der Waals surface area (Å²) in [6.07, 6.45) is 0. The lowest BCUT2D eigenvalue weighted by molar-refractivity contribution is 0.0699. The van der Waals surface area contributed by atoms with Crippen LogP contribution in [0.3, 0.4) is 0 Å². The van der Waals surface area contributed by atoms with Gasteiger partial charge in [-0.25, -0.2) is 9.78 Å². The zero-order valence-corrected chi connectivity index (χ0v) is 12.1. The number of hydrogen-bond acceptors (Lipinski definition) is 5. The number of rotatable bonds is 3. The van der Waals surface area contributed by atoms with Gasteiger partial charge in [0.2, 0.25) is 0 Å². The van der Waals surface area contributed by atoms with E-state index in [0.29, 0.717) is 22.2 Å². The molecular formula is C17H13NO5. The van der Waals surface area contributed by atoms with Crippen LogP contribution in [0.2, 0.25) is 0 Å². The number of ether oxygens (including phenoxy) is 1. The van der Waals surface area contributed by atoms with Crippen molar-refractivity contribution >= 4 is 16.9 Å². The van der Waals surface area contributed by atoms with E-state index in [1.54, 1.807) is 18.2 Å². The molecule has 3 rings (SSSR count). The van der Waals surface area contributed by atoms with Gasteiger partial charge in [-0.15, -0.1) is 0 Å². The number of carbonyl (C=O) groups is 1. The number of benzene rings is 2. The molecule has 1 aromatic heterocycles. The fourth-order valence-corrected chi connectivity index (χ4v) is 2.38. The Hall–Kier alpha value is -3.28. The highest BCUT2D eigenvalue weighted by atomic mass is 16.5. The third kappa shape index (κ3) is 2.62. The number of aromatic hydroxyl groups is 2. The number of methoxy groups -OCH3 is 1. The van der Waals surface area contributed by atoms with Gasteiger partial charge in [-0.2, -0.15) is 0 Å². The number of carboxylic acids is 1. The number of aromatic carboxylic acids is 1. The van der Waals surface area contributed by atoms with Crippen LogP contribution < -0.4 is 4.74 Å². The van der Waals surface area contributed by atoms with Crippen LogP contribution in [-0.4, -0.2) is 33.4 Å². The Bertz CT molecular complexity index is 920. The van der Waals surface area contributed by atoms with Gasteiger partial charge in [0.15, 0.2) is 11.5 Å². The molecule has 0 bridgehead atoms. The van der Waals surface area contributed by atoms with Crippen molar-refractivity contribution in [3.05, 3.63) is 48.0 Å². The van der Waals surface area contributed by atoms with E-state index in [2.05, 4.69) is 4.98 Å². The molecule has 0 aliphatic heterocycles. The first-order chi connectivity index (χ1) is 11.0. The van der Waals surface area contributed by atoms with E-state index in [0.717, 1.165) is 0 Å². The summed E-state index contributed by atoms with van der Waals surface area (Å²) >= 11 is 0. The molecule has 3 aromatic rings. The first-order valence-electron chi connectivity index (χ1n) is 6.74. The van der Waals surface area contributed by atoms with Crippen molar-refractivity contribution in [1.29, 1.82) is 0 Å². The van der Waals surface area contributed by atoms with Gasteiger partial charge in [-0.3, -0.25) is 0 Å². The summed E-state index contributed by atoms with van der Waals surface area (Å²) in [5.74, 6) is -0.886. The summed E-state index contributed by atoms with van der Waals surface area (Å²) in [6.45, 7) is 0. The Balaban J connectivity index is 2.26. The molecule has 6 nitrogen and oxygen atoms in total. The standard InChI is InChI=1S/C17H13NO5/c1-23-16-6-9(2-5-15(16)20)14-8-12(17(21)22)11-7-10(19)3-4-13(11)18-14/h2-8,19-20H,1H3,(H,21,22). The Kier molecular flexibility index (Phi) is 3.50. The lowest BCUT2D eigenvalue weighted by Gasteiger charge is -2.09. The number of pyridine rings is 1. The van der Waals surface area contributed by atoms with Gasteiger partial charge < -0.3 is 20.1 Å². The van der Waals surface area contributed by atoms with Crippen molar-refractivity contribution in [1.82, 2.24) is 4.98 Å². The van der Waals surface area contributed by atoms with Crippen molar-refractivity contribution in [2.45, 2.75) is 0 Å².